The monoisotopic (exact) mass is 480 g/mol. The highest BCUT2D eigenvalue weighted by Crippen LogP contribution is 2.44. The molecule has 0 bridgehead atoms. The molecule has 3 aliphatic rings. The molecule has 184 valence electrons. The molecule has 1 aliphatic carbocycles. The number of benzene rings is 2. The zero-order chi connectivity index (χ0) is 24.4. The first kappa shape index (κ1) is 23.3. The molecule has 2 aliphatic heterocycles. The number of alkyl carbamates (subject to hydrolysis) is 1. The van der Waals surface area contributed by atoms with E-state index < -0.39 is 29.6 Å². The van der Waals surface area contributed by atoms with Crippen molar-refractivity contribution < 1.29 is 33.7 Å². The summed E-state index contributed by atoms with van der Waals surface area (Å²) in [6, 6.07) is 16.2. The number of rotatable bonds is 7. The third-order valence-corrected chi connectivity index (χ3v) is 7.12. The van der Waals surface area contributed by atoms with Crippen molar-refractivity contribution >= 4 is 18.0 Å². The average molecular weight is 481 g/mol. The van der Waals surface area contributed by atoms with Gasteiger partial charge in [0, 0.05) is 38.0 Å². The summed E-state index contributed by atoms with van der Waals surface area (Å²) in [6.07, 6.45) is -0.647. The summed E-state index contributed by atoms with van der Waals surface area (Å²) in [7, 11) is 0. The number of carbonyl (C=O) groups is 3. The lowest BCUT2D eigenvalue weighted by molar-refractivity contribution is -0.149. The van der Waals surface area contributed by atoms with Crippen molar-refractivity contribution in [2.24, 2.45) is 5.92 Å². The van der Waals surface area contributed by atoms with Gasteiger partial charge in [0.05, 0.1) is 6.61 Å². The molecule has 2 amide bonds. The van der Waals surface area contributed by atoms with E-state index in [1.54, 1.807) is 0 Å². The van der Waals surface area contributed by atoms with E-state index in [0.717, 1.165) is 22.3 Å². The summed E-state index contributed by atoms with van der Waals surface area (Å²) < 4.78 is 16.3. The van der Waals surface area contributed by atoms with Crippen LogP contribution in [0.4, 0.5) is 4.79 Å². The number of carboxylic acids is 1. The Balaban J connectivity index is 1.16. The highest BCUT2D eigenvalue weighted by atomic mass is 16.5. The van der Waals surface area contributed by atoms with Crippen LogP contribution in [-0.4, -0.2) is 67.7 Å². The van der Waals surface area contributed by atoms with Gasteiger partial charge in [-0.05, 0) is 28.7 Å². The Bertz CT molecular complexity index is 1080. The number of aliphatic carboxylic acids is 1. The topological polar surface area (TPSA) is 123 Å². The second kappa shape index (κ2) is 9.67. The summed E-state index contributed by atoms with van der Waals surface area (Å²) in [4.78, 5) is 37.0. The van der Waals surface area contributed by atoms with E-state index in [2.05, 4.69) is 34.9 Å². The minimum absolute atomic E-state index is 0.0395. The number of amides is 2. The smallest absolute Gasteiger partial charge is 0.407 e. The van der Waals surface area contributed by atoms with Crippen LogP contribution in [0.15, 0.2) is 48.5 Å². The van der Waals surface area contributed by atoms with Crippen LogP contribution in [0.25, 0.3) is 11.1 Å². The van der Waals surface area contributed by atoms with Crippen LogP contribution in [0.2, 0.25) is 0 Å². The van der Waals surface area contributed by atoms with Gasteiger partial charge < -0.3 is 30.0 Å². The van der Waals surface area contributed by atoms with E-state index in [1.807, 2.05) is 24.3 Å². The predicted molar refractivity (Wildman–Crippen MR) is 125 cm³/mol. The second-order valence-corrected chi connectivity index (χ2v) is 9.23. The third-order valence-electron chi connectivity index (χ3n) is 7.12. The van der Waals surface area contributed by atoms with E-state index >= 15 is 0 Å². The van der Waals surface area contributed by atoms with Crippen molar-refractivity contribution in [3.05, 3.63) is 59.7 Å². The Kier molecular flexibility index (Phi) is 6.44. The van der Waals surface area contributed by atoms with Gasteiger partial charge in [0.25, 0.3) is 0 Å². The van der Waals surface area contributed by atoms with E-state index in [4.69, 9.17) is 14.2 Å². The van der Waals surface area contributed by atoms with Gasteiger partial charge in [-0.15, -0.1) is 0 Å². The quantitative estimate of drug-likeness (QED) is 0.556. The standard InChI is InChI=1S/C26H28N2O7/c29-23(28-26(24(30)31)10-12-33-15-26)22-16(9-11-34-22)13-27-25(32)35-14-21-19-7-3-1-5-17(19)18-6-2-4-8-20(18)21/h1-8,16,21-22H,9-15H2,(H,27,32)(H,28,29)(H,30,31). The molecule has 3 N–H and O–H groups in total. The first-order chi connectivity index (χ1) is 17.0. The largest absolute Gasteiger partial charge is 0.479 e. The summed E-state index contributed by atoms with van der Waals surface area (Å²) in [5.41, 5.74) is 3.13. The minimum Gasteiger partial charge on any atom is -0.479 e. The Morgan fingerprint density at radius 3 is 2.34 bits per heavy atom. The number of hydrogen-bond acceptors (Lipinski definition) is 6. The molecule has 9 heteroatoms. The Morgan fingerprint density at radius 2 is 1.71 bits per heavy atom. The van der Waals surface area contributed by atoms with Crippen LogP contribution < -0.4 is 10.6 Å². The van der Waals surface area contributed by atoms with E-state index in [1.165, 1.54) is 0 Å². The first-order valence-corrected chi connectivity index (χ1v) is 11.8. The Morgan fingerprint density at radius 1 is 1.03 bits per heavy atom. The van der Waals surface area contributed by atoms with Crippen molar-refractivity contribution in [2.45, 2.75) is 30.4 Å². The lowest BCUT2D eigenvalue weighted by Crippen LogP contribution is -2.58. The molecule has 0 saturated carbocycles. The molecule has 9 nitrogen and oxygen atoms in total. The zero-order valence-electron chi connectivity index (χ0n) is 19.2. The molecule has 5 rings (SSSR count). The maximum Gasteiger partial charge on any atom is 0.407 e. The maximum atomic E-state index is 12.8. The number of carboxylic acid groups (broad SMARTS) is 1. The molecular formula is C26H28N2O7. The maximum absolute atomic E-state index is 12.8. The molecule has 2 fully saturated rings. The fourth-order valence-corrected chi connectivity index (χ4v) is 5.19. The lowest BCUT2D eigenvalue weighted by Gasteiger charge is -2.27. The fourth-order valence-electron chi connectivity index (χ4n) is 5.19. The Labute approximate surface area is 202 Å². The molecule has 0 radical (unpaired) electrons. The fraction of sp³-hybridized carbons (Fsp3) is 0.423. The molecule has 2 saturated heterocycles. The van der Waals surface area contributed by atoms with Crippen molar-refractivity contribution in [1.82, 2.24) is 10.6 Å². The van der Waals surface area contributed by atoms with Crippen LogP contribution in [-0.2, 0) is 23.8 Å². The number of ether oxygens (including phenoxy) is 3. The third kappa shape index (κ3) is 4.49. The zero-order valence-corrected chi connectivity index (χ0v) is 19.2. The molecule has 3 atom stereocenters. The normalized spacial score (nSPS) is 25.0. The average Bonchev–Trinajstić information content (AvgIpc) is 3.60. The lowest BCUT2D eigenvalue weighted by atomic mass is 9.96. The van der Waals surface area contributed by atoms with Crippen molar-refractivity contribution in [3.8, 4) is 11.1 Å². The number of carbonyl (C=O) groups excluding carboxylic acids is 2. The van der Waals surface area contributed by atoms with Crippen molar-refractivity contribution in [2.75, 3.05) is 33.0 Å². The summed E-state index contributed by atoms with van der Waals surface area (Å²) in [5.74, 6) is -1.96. The summed E-state index contributed by atoms with van der Waals surface area (Å²) in [5, 5.41) is 14.9. The van der Waals surface area contributed by atoms with Crippen LogP contribution in [0.3, 0.4) is 0 Å². The Hall–Kier alpha value is -3.43. The van der Waals surface area contributed by atoms with E-state index in [9.17, 15) is 19.5 Å². The molecule has 2 aromatic rings. The summed E-state index contributed by atoms with van der Waals surface area (Å²) >= 11 is 0. The highest BCUT2D eigenvalue weighted by Gasteiger charge is 2.46. The van der Waals surface area contributed by atoms with Crippen LogP contribution in [0.1, 0.15) is 29.9 Å². The SMILES string of the molecule is O=C(NCC1CCOC1C(=O)NC1(C(=O)O)CCOC1)OCC1c2ccccc2-c2ccccc21. The molecule has 0 aromatic heterocycles. The van der Waals surface area contributed by atoms with Gasteiger partial charge in [-0.25, -0.2) is 9.59 Å². The van der Waals surface area contributed by atoms with Crippen LogP contribution in [0, 0.1) is 5.92 Å². The van der Waals surface area contributed by atoms with Gasteiger partial charge in [0.2, 0.25) is 5.91 Å². The molecule has 2 aromatic carbocycles. The van der Waals surface area contributed by atoms with E-state index in [-0.39, 0.29) is 44.6 Å². The molecule has 3 unspecified atom stereocenters. The van der Waals surface area contributed by atoms with Crippen LogP contribution in [0.5, 0.6) is 0 Å². The van der Waals surface area contributed by atoms with Gasteiger partial charge in [0.15, 0.2) is 5.54 Å². The molecule has 35 heavy (non-hydrogen) atoms. The number of nitrogens with one attached hydrogen (secondary N) is 2. The van der Waals surface area contributed by atoms with Crippen LogP contribution >= 0.6 is 0 Å². The molecular weight excluding hydrogens is 452 g/mol. The van der Waals surface area contributed by atoms with Gasteiger partial charge in [-0.1, -0.05) is 48.5 Å². The van der Waals surface area contributed by atoms with Gasteiger partial charge in [-0.3, -0.25) is 4.79 Å². The van der Waals surface area contributed by atoms with Gasteiger partial charge in [-0.2, -0.15) is 0 Å². The van der Waals surface area contributed by atoms with Gasteiger partial charge in [0.1, 0.15) is 12.7 Å². The highest BCUT2D eigenvalue weighted by molar-refractivity contribution is 5.90. The molecule has 2 heterocycles. The van der Waals surface area contributed by atoms with E-state index in [0.29, 0.717) is 13.0 Å². The molecule has 0 spiro atoms. The van der Waals surface area contributed by atoms with Crippen molar-refractivity contribution in [3.63, 3.8) is 0 Å². The summed E-state index contributed by atoms with van der Waals surface area (Å²) in [6.45, 7) is 0.928. The number of hydrogen-bond donors (Lipinski definition) is 3. The second-order valence-electron chi connectivity index (χ2n) is 9.23. The number of fused-ring (bicyclic) bond motifs is 3. The predicted octanol–water partition coefficient (Wildman–Crippen LogP) is 2.29. The minimum atomic E-state index is -1.44. The first-order valence-electron chi connectivity index (χ1n) is 11.8. The van der Waals surface area contributed by atoms with Gasteiger partial charge >= 0.3 is 12.1 Å². The van der Waals surface area contributed by atoms with Crippen molar-refractivity contribution in [1.29, 1.82) is 0 Å².